The maximum atomic E-state index is 13.6. The first-order chi connectivity index (χ1) is 8.68. The fourth-order valence-electron chi connectivity index (χ4n) is 1.80. The van der Waals surface area contributed by atoms with E-state index in [4.69, 9.17) is 10.5 Å². The first kappa shape index (κ1) is 13.1. The molecule has 0 aliphatic heterocycles. The van der Waals surface area contributed by atoms with Crippen molar-refractivity contribution in [1.82, 2.24) is 0 Å². The first-order valence-corrected chi connectivity index (χ1v) is 6.75. The van der Waals surface area contributed by atoms with E-state index >= 15 is 0 Å². The van der Waals surface area contributed by atoms with Crippen molar-refractivity contribution in [3.63, 3.8) is 0 Å². The lowest BCUT2D eigenvalue weighted by Crippen LogP contribution is -2.11. The Morgan fingerprint density at radius 1 is 1.33 bits per heavy atom. The van der Waals surface area contributed by atoms with E-state index in [1.807, 2.05) is 11.4 Å². The first-order valence-electron chi connectivity index (χ1n) is 5.87. The summed E-state index contributed by atoms with van der Waals surface area (Å²) in [6.07, 6.45) is 0.826. The van der Waals surface area contributed by atoms with Crippen LogP contribution in [0.4, 0.5) is 4.39 Å². The monoisotopic (exact) mass is 265 g/mol. The molecule has 0 aliphatic carbocycles. The summed E-state index contributed by atoms with van der Waals surface area (Å²) in [7, 11) is 0. The molecule has 0 saturated heterocycles. The zero-order valence-electron chi connectivity index (χ0n) is 10.2. The predicted octanol–water partition coefficient (Wildman–Crippen LogP) is 3.53. The molecule has 0 radical (unpaired) electrons. The number of thiophene rings is 1. The smallest absolute Gasteiger partial charge is 0.131 e. The fourth-order valence-corrected chi connectivity index (χ4v) is 2.49. The van der Waals surface area contributed by atoms with Gasteiger partial charge in [0.1, 0.15) is 11.6 Å². The molecule has 1 atom stereocenters. The molecule has 2 N–H and O–H groups in total. The van der Waals surface area contributed by atoms with Gasteiger partial charge in [0.15, 0.2) is 0 Å². The van der Waals surface area contributed by atoms with Gasteiger partial charge in [-0.25, -0.2) is 4.39 Å². The minimum absolute atomic E-state index is 0.307. The van der Waals surface area contributed by atoms with Crippen molar-refractivity contribution in [2.75, 3.05) is 6.61 Å². The van der Waals surface area contributed by atoms with Gasteiger partial charge in [0.05, 0.1) is 6.61 Å². The Morgan fingerprint density at radius 3 is 2.83 bits per heavy atom. The van der Waals surface area contributed by atoms with Crippen LogP contribution in [0.15, 0.2) is 35.7 Å². The van der Waals surface area contributed by atoms with Gasteiger partial charge in [0.25, 0.3) is 0 Å². The molecular weight excluding hydrogens is 249 g/mol. The van der Waals surface area contributed by atoms with Gasteiger partial charge in [-0.05, 0) is 30.5 Å². The Hall–Kier alpha value is -1.39. The molecule has 0 spiro atoms. The molecule has 1 aromatic heterocycles. The maximum Gasteiger partial charge on any atom is 0.131 e. The minimum Gasteiger partial charge on any atom is -0.493 e. The summed E-state index contributed by atoms with van der Waals surface area (Å²) in [6.45, 7) is 2.29. The van der Waals surface area contributed by atoms with Crippen LogP contribution < -0.4 is 10.5 Å². The second-order valence-electron chi connectivity index (χ2n) is 4.12. The number of benzene rings is 1. The SMILES string of the molecule is C[C@H](N)c1c(F)cccc1OCCc1cccs1. The molecule has 18 heavy (non-hydrogen) atoms. The van der Waals surface area contributed by atoms with Gasteiger partial charge in [-0.1, -0.05) is 12.1 Å². The summed E-state index contributed by atoms with van der Waals surface area (Å²) in [6, 6.07) is 8.51. The average Bonchev–Trinajstić information content (AvgIpc) is 2.81. The van der Waals surface area contributed by atoms with E-state index in [-0.39, 0.29) is 11.9 Å². The topological polar surface area (TPSA) is 35.2 Å². The largest absolute Gasteiger partial charge is 0.493 e. The van der Waals surface area contributed by atoms with Crippen molar-refractivity contribution in [2.45, 2.75) is 19.4 Å². The molecule has 2 rings (SSSR count). The molecule has 0 fully saturated rings. The van der Waals surface area contributed by atoms with Crippen LogP contribution in [0.1, 0.15) is 23.4 Å². The maximum absolute atomic E-state index is 13.6. The number of hydrogen-bond donors (Lipinski definition) is 1. The lowest BCUT2D eigenvalue weighted by Gasteiger charge is -2.14. The zero-order chi connectivity index (χ0) is 13.0. The summed E-state index contributed by atoms with van der Waals surface area (Å²) >= 11 is 1.69. The third kappa shape index (κ3) is 3.09. The Labute approximate surface area is 110 Å². The van der Waals surface area contributed by atoms with Crippen molar-refractivity contribution >= 4 is 11.3 Å². The van der Waals surface area contributed by atoms with Crippen molar-refractivity contribution in [3.05, 3.63) is 52.0 Å². The number of halogens is 1. The van der Waals surface area contributed by atoms with Crippen LogP contribution in [0.2, 0.25) is 0 Å². The average molecular weight is 265 g/mol. The molecule has 0 aliphatic rings. The van der Waals surface area contributed by atoms with Crippen LogP contribution in [0.3, 0.4) is 0 Å². The summed E-state index contributed by atoms with van der Waals surface area (Å²) in [5.74, 6) is 0.236. The number of rotatable bonds is 5. The van der Waals surface area contributed by atoms with Gasteiger partial charge in [0.2, 0.25) is 0 Å². The second-order valence-corrected chi connectivity index (χ2v) is 5.15. The van der Waals surface area contributed by atoms with Gasteiger partial charge < -0.3 is 10.5 Å². The van der Waals surface area contributed by atoms with Crippen LogP contribution in [0.5, 0.6) is 5.75 Å². The zero-order valence-corrected chi connectivity index (χ0v) is 11.0. The summed E-state index contributed by atoms with van der Waals surface area (Å²) < 4.78 is 19.3. The Balaban J connectivity index is 2.03. The molecule has 0 saturated carbocycles. The van der Waals surface area contributed by atoms with Crippen molar-refractivity contribution in [2.24, 2.45) is 5.73 Å². The normalized spacial score (nSPS) is 12.4. The van der Waals surface area contributed by atoms with Gasteiger partial charge in [0, 0.05) is 22.9 Å². The lowest BCUT2D eigenvalue weighted by molar-refractivity contribution is 0.315. The summed E-state index contributed by atoms with van der Waals surface area (Å²) in [5, 5.41) is 2.03. The van der Waals surface area contributed by atoms with E-state index in [9.17, 15) is 4.39 Å². The molecule has 1 heterocycles. The second kappa shape index (κ2) is 5.98. The molecule has 96 valence electrons. The molecule has 2 nitrogen and oxygen atoms in total. The van der Waals surface area contributed by atoms with Gasteiger partial charge in [-0.2, -0.15) is 0 Å². The van der Waals surface area contributed by atoms with Gasteiger partial charge >= 0.3 is 0 Å². The van der Waals surface area contributed by atoms with E-state index in [2.05, 4.69) is 6.07 Å². The van der Waals surface area contributed by atoms with E-state index in [1.165, 1.54) is 10.9 Å². The van der Waals surface area contributed by atoms with Crippen LogP contribution >= 0.6 is 11.3 Å². The van der Waals surface area contributed by atoms with Gasteiger partial charge in [-0.3, -0.25) is 0 Å². The fraction of sp³-hybridized carbons (Fsp3) is 0.286. The van der Waals surface area contributed by atoms with Crippen LogP contribution in [0.25, 0.3) is 0 Å². The highest BCUT2D eigenvalue weighted by Crippen LogP contribution is 2.26. The molecule has 2 aromatic rings. The third-order valence-electron chi connectivity index (χ3n) is 2.65. The number of ether oxygens (including phenoxy) is 1. The van der Waals surface area contributed by atoms with Crippen LogP contribution in [-0.2, 0) is 6.42 Å². The quantitative estimate of drug-likeness (QED) is 0.897. The Bertz CT molecular complexity index is 497. The third-order valence-corrected chi connectivity index (χ3v) is 3.59. The number of hydrogen-bond acceptors (Lipinski definition) is 3. The Morgan fingerprint density at radius 2 is 2.17 bits per heavy atom. The minimum atomic E-state index is -0.372. The molecule has 1 aromatic carbocycles. The van der Waals surface area contributed by atoms with E-state index in [0.717, 1.165) is 6.42 Å². The summed E-state index contributed by atoms with van der Waals surface area (Å²) in [5.41, 5.74) is 6.21. The predicted molar refractivity (Wildman–Crippen MR) is 72.5 cm³/mol. The van der Waals surface area contributed by atoms with Crippen LogP contribution in [0, 0.1) is 5.82 Å². The highest BCUT2D eigenvalue weighted by molar-refractivity contribution is 7.09. The summed E-state index contributed by atoms with van der Waals surface area (Å²) in [4.78, 5) is 1.26. The van der Waals surface area contributed by atoms with E-state index < -0.39 is 0 Å². The number of nitrogens with two attached hydrogens (primary N) is 1. The molecule has 0 amide bonds. The van der Waals surface area contributed by atoms with Crippen molar-refractivity contribution in [1.29, 1.82) is 0 Å². The van der Waals surface area contributed by atoms with Gasteiger partial charge in [-0.15, -0.1) is 11.3 Å². The van der Waals surface area contributed by atoms with Crippen molar-refractivity contribution in [3.8, 4) is 5.75 Å². The van der Waals surface area contributed by atoms with Crippen molar-refractivity contribution < 1.29 is 9.13 Å². The Kier molecular flexibility index (Phi) is 4.33. The molecule has 4 heteroatoms. The highest BCUT2D eigenvalue weighted by atomic mass is 32.1. The molecular formula is C14H16FNOS. The standard InChI is InChI=1S/C14H16FNOS/c1-10(16)14-12(15)5-2-6-13(14)17-8-7-11-4-3-9-18-11/h2-6,9-10H,7-8,16H2,1H3/t10-/m0/s1. The van der Waals surface area contributed by atoms with E-state index in [1.54, 1.807) is 30.4 Å². The van der Waals surface area contributed by atoms with E-state index in [0.29, 0.717) is 17.9 Å². The molecule has 0 unspecified atom stereocenters. The lowest BCUT2D eigenvalue weighted by atomic mass is 10.1. The van der Waals surface area contributed by atoms with Crippen LogP contribution in [-0.4, -0.2) is 6.61 Å². The highest BCUT2D eigenvalue weighted by Gasteiger charge is 2.13. The molecule has 0 bridgehead atoms.